The number of phenols is 1. The fourth-order valence-electron chi connectivity index (χ4n) is 1.10. The Morgan fingerprint density at radius 1 is 1.56 bits per heavy atom. The second-order valence-corrected chi connectivity index (χ2v) is 3.13. The number of benzene rings is 1. The third-order valence-corrected chi connectivity index (χ3v) is 1.83. The Morgan fingerprint density at radius 2 is 2.25 bits per heavy atom. The monoisotopic (exact) mass is 225 g/mol. The van der Waals surface area contributed by atoms with Crippen LogP contribution in [0.3, 0.4) is 0 Å². The number of nitro benzene ring substituents is 1. The molecule has 0 aliphatic heterocycles. The van der Waals surface area contributed by atoms with Crippen molar-refractivity contribution in [3.05, 3.63) is 28.3 Å². The average Bonchev–Trinajstić information content (AvgIpc) is 2.21. The Balaban J connectivity index is 2.87. The summed E-state index contributed by atoms with van der Waals surface area (Å²) in [6, 6.07) is 3.44. The topological polar surface area (TPSA) is 89.7 Å². The number of nitro groups is 1. The molecule has 0 amide bonds. The van der Waals surface area contributed by atoms with E-state index in [0.717, 1.165) is 12.1 Å². The Hall–Kier alpha value is -2.11. The lowest BCUT2D eigenvalue weighted by molar-refractivity contribution is -0.385. The van der Waals surface area contributed by atoms with Crippen molar-refractivity contribution in [1.29, 1.82) is 0 Å². The van der Waals surface area contributed by atoms with Crippen LogP contribution in [0.1, 0.15) is 19.8 Å². The predicted octanol–water partition coefficient (Wildman–Crippen LogP) is 2.01. The van der Waals surface area contributed by atoms with Gasteiger partial charge in [-0.05, 0) is 18.6 Å². The van der Waals surface area contributed by atoms with Crippen molar-refractivity contribution in [2.75, 3.05) is 0 Å². The lowest BCUT2D eigenvalue weighted by Crippen LogP contribution is -2.06. The van der Waals surface area contributed by atoms with Gasteiger partial charge in [-0.3, -0.25) is 14.9 Å². The number of hydrogen-bond acceptors (Lipinski definition) is 5. The van der Waals surface area contributed by atoms with Gasteiger partial charge in [0.05, 0.1) is 11.0 Å². The molecule has 1 rings (SSSR count). The first-order valence-corrected chi connectivity index (χ1v) is 4.72. The number of rotatable bonds is 4. The lowest BCUT2D eigenvalue weighted by Gasteiger charge is -2.03. The first-order valence-electron chi connectivity index (χ1n) is 4.72. The van der Waals surface area contributed by atoms with Crippen LogP contribution in [0.25, 0.3) is 0 Å². The van der Waals surface area contributed by atoms with Crippen LogP contribution in [0.15, 0.2) is 18.2 Å². The van der Waals surface area contributed by atoms with Gasteiger partial charge in [0, 0.05) is 6.42 Å². The van der Waals surface area contributed by atoms with Gasteiger partial charge in [-0.15, -0.1) is 0 Å². The summed E-state index contributed by atoms with van der Waals surface area (Å²) in [5.74, 6) is -0.856. The highest BCUT2D eigenvalue weighted by Gasteiger charge is 2.15. The maximum Gasteiger partial charge on any atom is 0.314 e. The number of nitrogens with zero attached hydrogens (tertiary/aromatic N) is 1. The van der Waals surface area contributed by atoms with Crippen LogP contribution in [0.2, 0.25) is 0 Å². The molecule has 0 heterocycles. The zero-order chi connectivity index (χ0) is 12.1. The van der Waals surface area contributed by atoms with Gasteiger partial charge >= 0.3 is 11.7 Å². The van der Waals surface area contributed by atoms with Crippen molar-refractivity contribution < 1.29 is 19.6 Å². The number of carbonyl (C=O) groups excluding carboxylic acids is 1. The second-order valence-electron chi connectivity index (χ2n) is 3.13. The summed E-state index contributed by atoms with van der Waals surface area (Å²) in [4.78, 5) is 20.9. The molecule has 0 aliphatic rings. The van der Waals surface area contributed by atoms with E-state index in [0.29, 0.717) is 6.42 Å². The number of aromatic hydroxyl groups is 1. The van der Waals surface area contributed by atoms with E-state index < -0.39 is 22.3 Å². The predicted molar refractivity (Wildman–Crippen MR) is 55.3 cm³/mol. The molecule has 86 valence electrons. The summed E-state index contributed by atoms with van der Waals surface area (Å²) in [6.07, 6.45) is 0.883. The smallest absolute Gasteiger partial charge is 0.314 e. The van der Waals surface area contributed by atoms with Gasteiger partial charge in [0.15, 0.2) is 5.75 Å². The number of phenolic OH excluding ortho intramolecular Hbond substituents is 1. The molecule has 6 heteroatoms. The summed E-state index contributed by atoms with van der Waals surface area (Å²) < 4.78 is 4.85. The third-order valence-electron chi connectivity index (χ3n) is 1.83. The first kappa shape index (κ1) is 12.0. The molecule has 0 fully saturated rings. The van der Waals surface area contributed by atoms with Gasteiger partial charge < -0.3 is 9.84 Å². The molecule has 0 bridgehead atoms. The van der Waals surface area contributed by atoms with Crippen LogP contribution in [0, 0.1) is 10.1 Å². The molecule has 16 heavy (non-hydrogen) atoms. The van der Waals surface area contributed by atoms with Crippen LogP contribution in [-0.2, 0) is 4.79 Å². The Labute approximate surface area is 91.6 Å². The summed E-state index contributed by atoms with van der Waals surface area (Å²) in [7, 11) is 0. The van der Waals surface area contributed by atoms with E-state index in [2.05, 4.69) is 0 Å². The Kier molecular flexibility index (Phi) is 3.82. The minimum atomic E-state index is -0.744. The van der Waals surface area contributed by atoms with E-state index in [1.807, 2.05) is 6.92 Å². The van der Waals surface area contributed by atoms with Crippen molar-refractivity contribution in [1.82, 2.24) is 0 Å². The van der Waals surface area contributed by atoms with Crippen molar-refractivity contribution in [2.24, 2.45) is 0 Å². The lowest BCUT2D eigenvalue weighted by atomic mass is 10.3. The fraction of sp³-hybridized carbons (Fsp3) is 0.300. The van der Waals surface area contributed by atoms with E-state index in [-0.39, 0.29) is 12.2 Å². The standard InChI is InChI=1S/C10H11NO5/c1-2-3-10(13)16-7-4-5-9(12)8(6-7)11(14)15/h4-6,12H,2-3H2,1H3. The molecule has 6 nitrogen and oxygen atoms in total. The van der Waals surface area contributed by atoms with Crippen molar-refractivity contribution in [2.45, 2.75) is 19.8 Å². The molecule has 0 aromatic heterocycles. The number of hydrogen-bond donors (Lipinski definition) is 1. The molecule has 0 unspecified atom stereocenters. The van der Waals surface area contributed by atoms with Crippen molar-refractivity contribution in [3.63, 3.8) is 0 Å². The minimum absolute atomic E-state index is 0.0583. The van der Waals surface area contributed by atoms with Gasteiger partial charge in [0.2, 0.25) is 0 Å². The molecule has 0 saturated heterocycles. The normalized spacial score (nSPS) is 9.81. The van der Waals surface area contributed by atoms with Gasteiger partial charge in [-0.2, -0.15) is 0 Å². The van der Waals surface area contributed by atoms with E-state index >= 15 is 0 Å². The van der Waals surface area contributed by atoms with Crippen molar-refractivity contribution in [3.8, 4) is 11.5 Å². The van der Waals surface area contributed by atoms with Crippen molar-refractivity contribution >= 4 is 11.7 Å². The quantitative estimate of drug-likeness (QED) is 0.366. The van der Waals surface area contributed by atoms with Gasteiger partial charge in [-0.25, -0.2) is 0 Å². The van der Waals surface area contributed by atoms with E-state index in [1.165, 1.54) is 6.07 Å². The highest BCUT2D eigenvalue weighted by Crippen LogP contribution is 2.29. The van der Waals surface area contributed by atoms with Crippen LogP contribution < -0.4 is 4.74 Å². The zero-order valence-corrected chi connectivity index (χ0v) is 8.67. The molecular weight excluding hydrogens is 214 g/mol. The summed E-state index contributed by atoms with van der Waals surface area (Å²) >= 11 is 0. The van der Waals surface area contributed by atoms with Crippen LogP contribution in [-0.4, -0.2) is 16.0 Å². The van der Waals surface area contributed by atoms with E-state index in [4.69, 9.17) is 9.84 Å². The van der Waals surface area contributed by atoms with Gasteiger partial charge in [0.25, 0.3) is 0 Å². The molecule has 1 N–H and O–H groups in total. The summed E-state index contributed by atoms with van der Waals surface area (Å²) in [5, 5.41) is 19.7. The number of ether oxygens (including phenoxy) is 1. The van der Waals surface area contributed by atoms with Crippen LogP contribution >= 0.6 is 0 Å². The average molecular weight is 225 g/mol. The molecule has 0 saturated carbocycles. The Bertz CT molecular complexity index is 416. The van der Waals surface area contributed by atoms with Gasteiger partial charge in [0.1, 0.15) is 5.75 Å². The second kappa shape index (κ2) is 5.11. The molecule has 1 aromatic rings. The van der Waals surface area contributed by atoms with Crippen LogP contribution in [0.5, 0.6) is 11.5 Å². The van der Waals surface area contributed by atoms with E-state index in [9.17, 15) is 14.9 Å². The fourth-order valence-corrected chi connectivity index (χ4v) is 1.10. The first-order chi connectivity index (χ1) is 7.54. The minimum Gasteiger partial charge on any atom is -0.502 e. The largest absolute Gasteiger partial charge is 0.502 e. The summed E-state index contributed by atoms with van der Waals surface area (Å²) in [6.45, 7) is 1.82. The molecule has 1 aromatic carbocycles. The third kappa shape index (κ3) is 2.94. The molecule has 0 aliphatic carbocycles. The van der Waals surface area contributed by atoms with E-state index in [1.54, 1.807) is 0 Å². The zero-order valence-electron chi connectivity index (χ0n) is 8.67. The summed E-state index contributed by atoms with van der Waals surface area (Å²) in [5.41, 5.74) is -0.484. The highest BCUT2D eigenvalue weighted by atomic mass is 16.6. The SMILES string of the molecule is CCCC(=O)Oc1ccc(O)c([N+](=O)[O-])c1. The molecule has 0 radical (unpaired) electrons. The maximum absolute atomic E-state index is 11.1. The molecular formula is C10H11NO5. The Morgan fingerprint density at radius 3 is 2.81 bits per heavy atom. The number of carbonyl (C=O) groups is 1. The van der Waals surface area contributed by atoms with Crippen LogP contribution in [0.4, 0.5) is 5.69 Å². The highest BCUT2D eigenvalue weighted by molar-refractivity contribution is 5.72. The molecule has 0 atom stereocenters. The number of esters is 1. The molecule has 0 spiro atoms. The maximum atomic E-state index is 11.1. The van der Waals surface area contributed by atoms with Gasteiger partial charge in [-0.1, -0.05) is 6.92 Å².